The molecule has 0 atom stereocenters. The number of halogens is 1. The monoisotopic (exact) mass is 250 g/mol. The van der Waals surface area contributed by atoms with Crippen LogP contribution in [0.1, 0.15) is 15.9 Å². The Balaban J connectivity index is 2.79. The maximum atomic E-state index is 11.5. The van der Waals surface area contributed by atoms with Crippen LogP contribution in [-0.4, -0.2) is 18.1 Å². The average Bonchev–Trinajstić information content (AvgIpc) is 2.29. The lowest BCUT2D eigenvalue weighted by atomic mass is 10.1. The first-order valence-electron chi connectivity index (χ1n) is 4.97. The van der Waals surface area contributed by atoms with Gasteiger partial charge in [0.2, 0.25) is 0 Å². The predicted molar refractivity (Wildman–Crippen MR) is 67.2 cm³/mol. The van der Waals surface area contributed by atoms with Crippen molar-refractivity contribution < 1.29 is 9.53 Å². The summed E-state index contributed by atoms with van der Waals surface area (Å²) in [5.41, 5.74) is 8.17. The molecule has 1 aromatic heterocycles. The summed E-state index contributed by atoms with van der Waals surface area (Å²) in [7, 11) is 1.30. The Morgan fingerprint density at radius 3 is 2.82 bits per heavy atom. The maximum Gasteiger partial charge on any atom is 0.341 e. The summed E-state index contributed by atoms with van der Waals surface area (Å²) >= 11 is 5.96. The number of nitrogens with zero attached hydrogens (tertiary/aromatic N) is 1. The van der Waals surface area contributed by atoms with Gasteiger partial charge in [0.1, 0.15) is 5.56 Å². The number of carbonyl (C=O) groups excluding carboxylic acids is 1. The third kappa shape index (κ3) is 1.91. The number of benzene rings is 1. The number of hydrogen-bond donors (Lipinski definition) is 1. The molecule has 2 rings (SSSR count). The molecule has 1 heterocycles. The number of esters is 1. The molecular weight excluding hydrogens is 240 g/mol. The van der Waals surface area contributed by atoms with Crippen molar-refractivity contribution in [2.75, 3.05) is 12.8 Å². The number of rotatable bonds is 1. The molecule has 4 nitrogen and oxygen atoms in total. The number of aromatic nitrogens is 1. The topological polar surface area (TPSA) is 65.2 Å². The summed E-state index contributed by atoms with van der Waals surface area (Å²) in [6.07, 6.45) is 1.42. The van der Waals surface area contributed by atoms with Gasteiger partial charge in [0.25, 0.3) is 0 Å². The van der Waals surface area contributed by atoms with E-state index in [0.717, 1.165) is 11.1 Å². The first kappa shape index (κ1) is 11.7. The van der Waals surface area contributed by atoms with Gasteiger partial charge in [-0.1, -0.05) is 11.6 Å². The molecule has 88 valence electrons. The predicted octanol–water partition coefficient (Wildman–Crippen LogP) is 2.57. The van der Waals surface area contributed by atoms with Crippen LogP contribution in [0.5, 0.6) is 0 Å². The van der Waals surface area contributed by atoms with E-state index in [2.05, 4.69) is 9.72 Å². The van der Waals surface area contributed by atoms with E-state index in [9.17, 15) is 4.79 Å². The first-order valence-corrected chi connectivity index (χ1v) is 5.35. The summed E-state index contributed by atoms with van der Waals surface area (Å²) in [5.74, 6) is -0.505. The fourth-order valence-electron chi connectivity index (χ4n) is 1.73. The summed E-state index contributed by atoms with van der Waals surface area (Å²) in [4.78, 5) is 15.7. The highest BCUT2D eigenvalue weighted by molar-refractivity contribution is 6.31. The number of nitrogens with two attached hydrogens (primary N) is 1. The standard InChI is InChI=1S/C12H11ClN2O2/c1-6-3-7(13)4-8-10(14)9(12(16)17-2)5-15-11(6)8/h3-5H,1-2H3,(H2,14,15). The van der Waals surface area contributed by atoms with Gasteiger partial charge in [-0.15, -0.1) is 0 Å². The zero-order valence-electron chi connectivity index (χ0n) is 9.45. The second-order valence-electron chi connectivity index (χ2n) is 3.70. The number of hydrogen-bond acceptors (Lipinski definition) is 4. The number of anilines is 1. The molecule has 0 amide bonds. The van der Waals surface area contributed by atoms with Crippen LogP contribution in [0.25, 0.3) is 10.9 Å². The van der Waals surface area contributed by atoms with Crippen molar-refractivity contribution in [2.45, 2.75) is 6.92 Å². The highest BCUT2D eigenvalue weighted by Crippen LogP contribution is 2.28. The molecular formula is C12H11ClN2O2. The Kier molecular flexibility index (Phi) is 2.90. The molecule has 0 aliphatic heterocycles. The molecule has 2 N–H and O–H groups in total. The summed E-state index contributed by atoms with van der Waals surface area (Å²) in [6, 6.07) is 3.49. The summed E-state index contributed by atoms with van der Waals surface area (Å²) in [5, 5.41) is 1.23. The molecule has 0 saturated carbocycles. The third-order valence-electron chi connectivity index (χ3n) is 2.57. The van der Waals surface area contributed by atoms with E-state index in [-0.39, 0.29) is 5.56 Å². The SMILES string of the molecule is COC(=O)c1cnc2c(C)cc(Cl)cc2c1N. The van der Waals surface area contributed by atoms with Gasteiger partial charge in [0.05, 0.1) is 18.3 Å². The molecule has 5 heteroatoms. The number of fused-ring (bicyclic) bond motifs is 1. The van der Waals surface area contributed by atoms with Crippen LogP contribution in [0.2, 0.25) is 5.02 Å². The molecule has 0 fully saturated rings. The Morgan fingerprint density at radius 1 is 1.47 bits per heavy atom. The third-order valence-corrected chi connectivity index (χ3v) is 2.79. The van der Waals surface area contributed by atoms with Gasteiger partial charge in [-0.2, -0.15) is 0 Å². The molecule has 0 radical (unpaired) electrons. The number of carbonyl (C=O) groups is 1. The molecule has 17 heavy (non-hydrogen) atoms. The van der Waals surface area contributed by atoms with E-state index in [4.69, 9.17) is 17.3 Å². The van der Waals surface area contributed by atoms with Crippen LogP contribution in [-0.2, 0) is 4.74 Å². The van der Waals surface area contributed by atoms with Gasteiger partial charge in [-0.3, -0.25) is 4.98 Å². The quantitative estimate of drug-likeness (QED) is 0.790. The lowest BCUT2D eigenvalue weighted by molar-refractivity contribution is 0.0601. The molecule has 0 aliphatic rings. The summed E-state index contributed by atoms with van der Waals surface area (Å²) in [6.45, 7) is 1.89. The lowest BCUT2D eigenvalue weighted by Gasteiger charge is -2.09. The molecule has 2 aromatic rings. The van der Waals surface area contributed by atoms with Gasteiger partial charge in [0.15, 0.2) is 0 Å². The molecule has 0 bridgehead atoms. The minimum atomic E-state index is -0.505. The van der Waals surface area contributed by atoms with E-state index in [1.54, 1.807) is 12.1 Å². The number of ether oxygens (including phenoxy) is 1. The molecule has 0 saturated heterocycles. The van der Waals surface area contributed by atoms with E-state index < -0.39 is 5.97 Å². The van der Waals surface area contributed by atoms with Crippen LogP contribution in [0.4, 0.5) is 5.69 Å². The second kappa shape index (κ2) is 4.22. The van der Waals surface area contributed by atoms with Crippen molar-refractivity contribution in [3.8, 4) is 0 Å². The smallest absolute Gasteiger partial charge is 0.341 e. The zero-order chi connectivity index (χ0) is 12.6. The lowest BCUT2D eigenvalue weighted by Crippen LogP contribution is -2.07. The van der Waals surface area contributed by atoms with E-state index >= 15 is 0 Å². The normalized spacial score (nSPS) is 10.5. The number of methoxy groups -OCH3 is 1. The number of aryl methyl sites for hydroxylation is 1. The van der Waals surface area contributed by atoms with E-state index in [1.165, 1.54) is 13.3 Å². The largest absolute Gasteiger partial charge is 0.465 e. The van der Waals surface area contributed by atoms with E-state index in [0.29, 0.717) is 16.1 Å². The Bertz CT molecular complexity index is 611. The first-order chi connectivity index (χ1) is 8.04. The molecule has 0 aliphatic carbocycles. The zero-order valence-corrected chi connectivity index (χ0v) is 10.2. The van der Waals surface area contributed by atoms with Crippen molar-refractivity contribution in [1.82, 2.24) is 4.98 Å². The van der Waals surface area contributed by atoms with Gasteiger partial charge in [-0.05, 0) is 24.6 Å². The minimum absolute atomic E-state index is 0.252. The van der Waals surface area contributed by atoms with E-state index in [1.807, 2.05) is 6.92 Å². The Labute approximate surface area is 103 Å². The van der Waals surface area contributed by atoms with Crippen molar-refractivity contribution in [2.24, 2.45) is 0 Å². The van der Waals surface area contributed by atoms with Gasteiger partial charge in [0, 0.05) is 16.6 Å². The minimum Gasteiger partial charge on any atom is -0.465 e. The van der Waals surface area contributed by atoms with Crippen LogP contribution >= 0.6 is 11.6 Å². The average molecular weight is 251 g/mol. The molecule has 0 unspecified atom stereocenters. The van der Waals surface area contributed by atoms with Crippen molar-refractivity contribution >= 4 is 34.2 Å². The molecule has 1 aromatic carbocycles. The second-order valence-corrected chi connectivity index (χ2v) is 4.13. The molecule has 0 spiro atoms. The Hall–Kier alpha value is -1.81. The van der Waals surface area contributed by atoms with Gasteiger partial charge < -0.3 is 10.5 Å². The van der Waals surface area contributed by atoms with Crippen molar-refractivity contribution in [1.29, 1.82) is 0 Å². The van der Waals surface area contributed by atoms with Crippen LogP contribution < -0.4 is 5.73 Å². The van der Waals surface area contributed by atoms with Crippen molar-refractivity contribution in [3.63, 3.8) is 0 Å². The van der Waals surface area contributed by atoms with Crippen LogP contribution in [0.3, 0.4) is 0 Å². The van der Waals surface area contributed by atoms with Gasteiger partial charge in [-0.25, -0.2) is 4.79 Å². The fourth-order valence-corrected chi connectivity index (χ4v) is 2.00. The Morgan fingerprint density at radius 2 is 2.18 bits per heavy atom. The number of nitrogen functional groups attached to an aromatic ring is 1. The van der Waals surface area contributed by atoms with Crippen molar-refractivity contribution in [3.05, 3.63) is 34.5 Å². The maximum absolute atomic E-state index is 11.5. The van der Waals surface area contributed by atoms with Crippen LogP contribution in [0, 0.1) is 6.92 Å². The fraction of sp³-hybridized carbons (Fsp3) is 0.167. The van der Waals surface area contributed by atoms with Gasteiger partial charge >= 0.3 is 5.97 Å². The van der Waals surface area contributed by atoms with Crippen LogP contribution in [0.15, 0.2) is 18.3 Å². The highest BCUT2D eigenvalue weighted by Gasteiger charge is 2.14. The number of pyridine rings is 1. The highest BCUT2D eigenvalue weighted by atomic mass is 35.5. The summed E-state index contributed by atoms with van der Waals surface area (Å²) < 4.78 is 4.63.